The van der Waals surface area contributed by atoms with Gasteiger partial charge >= 0.3 is 11.9 Å². The second-order valence-electron chi connectivity index (χ2n) is 6.92. The van der Waals surface area contributed by atoms with E-state index in [1.807, 2.05) is 6.07 Å². The topological polar surface area (TPSA) is 160 Å². The number of carbonyl (C=O) groups excluding carboxylic acids is 2. The third-order valence-electron chi connectivity index (χ3n) is 5.07. The fourth-order valence-electron chi connectivity index (χ4n) is 3.59. The molecule has 0 aromatic heterocycles. The van der Waals surface area contributed by atoms with Crippen LogP contribution in [-0.2, 0) is 29.2 Å². The van der Waals surface area contributed by atoms with E-state index < -0.39 is 55.9 Å². The van der Waals surface area contributed by atoms with E-state index in [4.69, 9.17) is 15.2 Å². The minimum atomic E-state index is -4.79. The van der Waals surface area contributed by atoms with Crippen molar-refractivity contribution in [3.63, 3.8) is 0 Å². The van der Waals surface area contributed by atoms with Gasteiger partial charge in [0.1, 0.15) is 17.3 Å². The molecule has 1 aliphatic heterocycles. The number of ether oxygens (including phenoxy) is 2. The van der Waals surface area contributed by atoms with E-state index in [2.05, 4.69) is 0 Å². The minimum Gasteiger partial charge on any atom is -0.466 e. The lowest BCUT2D eigenvalue weighted by molar-refractivity contribution is -0.139. The van der Waals surface area contributed by atoms with Crippen molar-refractivity contribution in [2.45, 2.75) is 10.8 Å². The Morgan fingerprint density at radius 1 is 1.12 bits per heavy atom. The summed E-state index contributed by atoms with van der Waals surface area (Å²) in [6, 6.07) is 12.2. The Morgan fingerprint density at radius 3 is 2.26 bits per heavy atom. The van der Waals surface area contributed by atoms with Gasteiger partial charge in [0.05, 0.1) is 47.9 Å². The van der Waals surface area contributed by atoms with Crippen LogP contribution in [0.15, 0.2) is 76.1 Å². The molecular weight excluding hydrogens is 469 g/mol. The molecule has 0 fully saturated rings. The van der Waals surface area contributed by atoms with E-state index in [1.54, 1.807) is 30.3 Å². The lowest BCUT2D eigenvalue weighted by Crippen LogP contribution is -2.41. The maximum Gasteiger partial charge on any atom is 0.355 e. The number of allylic oxidation sites excluding steroid dienone is 1. The fraction of sp³-hybridized carbons (Fsp3) is 0.136. The fourth-order valence-corrected chi connectivity index (χ4v) is 4.09. The number of methoxy groups -OCH3 is 2. The van der Waals surface area contributed by atoms with Gasteiger partial charge < -0.3 is 15.2 Å². The summed E-state index contributed by atoms with van der Waals surface area (Å²) in [5, 5.41) is 9.93. The summed E-state index contributed by atoms with van der Waals surface area (Å²) in [4.78, 5) is 25.8. The largest absolute Gasteiger partial charge is 0.466 e. The summed E-state index contributed by atoms with van der Waals surface area (Å²) >= 11 is 0. The van der Waals surface area contributed by atoms with Crippen LogP contribution in [0.1, 0.15) is 11.5 Å². The molecule has 10 nitrogen and oxygen atoms in total. The highest BCUT2D eigenvalue weighted by molar-refractivity contribution is 7.85. The summed E-state index contributed by atoms with van der Waals surface area (Å²) in [6.07, 6.45) is 0. The zero-order chi connectivity index (χ0) is 25.2. The summed E-state index contributed by atoms with van der Waals surface area (Å²) in [5.41, 5.74) is 4.77. The summed E-state index contributed by atoms with van der Waals surface area (Å²) in [5.74, 6) is -4.90. The van der Waals surface area contributed by atoms with Gasteiger partial charge in [0.25, 0.3) is 10.1 Å². The maximum absolute atomic E-state index is 14.9. The van der Waals surface area contributed by atoms with Crippen LogP contribution >= 0.6 is 0 Å². The minimum absolute atomic E-state index is 0.240. The first-order chi connectivity index (χ1) is 16.1. The molecule has 3 rings (SSSR count). The summed E-state index contributed by atoms with van der Waals surface area (Å²) in [6.45, 7) is 0. The Bertz CT molecular complexity index is 1380. The average Bonchev–Trinajstić information content (AvgIpc) is 2.82. The first-order valence-electron chi connectivity index (χ1n) is 9.49. The SMILES string of the molecule is COC(=O)C1=C(C(=O)OC)N(c2cc(S(=O)(=O)O)ccc2F)C(N)=C(C#N)C1c1ccccc1. The smallest absolute Gasteiger partial charge is 0.355 e. The maximum atomic E-state index is 14.9. The Morgan fingerprint density at radius 2 is 1.74 bits per heavy atom. The molecule has 1 heterocycles. The van der Waals surface area contributed by atoms with Crippen molar-refractivity contribution in [3.8, 4) is 6.07 Å². The number of hydrogen-bond donors (Lipinski definition) is 2. The predicted molar refractivity (Wildman–Crippen MR) is 116 cm³/mol. The third kappa shape index (κ3) is 4.21. The zero-order valence-electron chi connectivity index (χ0n) is 17.9. The van der Waals surface area contributed by atoms with Crippen LogP contribution in [0, 0.1) is 17.1 Å². The van der Waals surface area contributed by atoms with Crippen molar-refractivity contribution in [1.82, 2.24) is 0 Å². The molecule has 1 aliphatic rings. The first-order valence-corrected chi connectivity index (χ1v) is 10.9. The predicted octanol–water partition coefficient (Wildman–Crippen LogP) is 1.97. The van der Waals surface area contributed by atoms with Crippen LogP contribution in [0.5, 0.6) is 0 Å². The summed E-state index contributed by atoms with van der Waals surface area (Å²) in [7, 11) is -2.74. The molecule has 0 bridgehead atoms. The monoisotopic (exact) mass is 487 g/mol. The molecule has 0 saturated heterocycles. The van der Waals surface area contributed by atoms with Crippen molar-refractivity contribution in [2.75, 3.05) is 19.1 Å². The molecule has 2 aromatic carbocycles. The van der Waals surface area contributed by atoms with Gasteiger partial charge in [-0.15, -0.1) is 0 Å². The van der Waals surface area contributed by atoms with Gasteiger partial charge in [-0.25, -0.2) is 14.0 Å². The molecule has 0 radical (unpaired) electrons. The van der Waals surface area contributed by atoms with Crippen LogP contribution in [0.4, 0.5) is 10.1 Å². The first kappa shape index (κ1) is 24.4. The van der Waals surface area contributed by atoms with Gasteiger partial charge in [-0.05, 0) is 23.8 Å². The molecule has 1 unspecified atom stereocenters. The van der Waals surface area contributed by atoms with Crippen LogP contribution in [-0.4, -0.2) is 39.1 Å². The quantitative estimate of drug-likeness (QED) is 0.471. The number of nitrogens with two attached hydrogens (primary N) is 1. The molecule has 0 saturated carbocycles. The Labute approximate surface area is 194 Å². The van der Waals surface area contributed by atoms with E-state index in [0.29, 0.717) is 22.6 Å². The van der Waals surface area contributed by atoms with Gasteiger partial charge in [-0.1, -0.05) is 30.3 Å². The lowest BCUT2D eigenvalue weighted by atomic mass is 9.81. The molecule has 1 atom stereocenters. The van der Waals surface area contributed by atoms with Crippen LogP contribution in [0.25, 0.3) is 0 Å². The molecule has 0 amide bonds. The van der Waals surface area contributed by atoms with E-state index >= 15 is 0 Å². The lowest BCUT2D eigenvalue weighted by Gasteiger charge is -2.36. The van der Waals surface area contributed by atoms with Crippen LogP contribution in [0.2, 0.25) is 0 Å². The normalized spacial score (nSPS) is 16.2. The molecule has 0 spiro atoms. The molecule has 34 heavy (non-hydrogen) atoms. The highest BCUT2D eigenvalue weighted by Gasteiger charge is 2.43. The van der Waals surface area contributed by atoms with Gasteiger partial charge in [0, 0.05) is 0 Å². The number of benzene rings is 2. The van der Waals surface area contributed by atoms with Gasteiger partial charge in [0.15, 0.2) is 0 Å². The van der Waals surface area contributed by atoms with E-state index in [-0.39, 0.29) is 11.1 Å². The van der Waals surface area contributed by atoms with Crippen molar-refractivity contribution in [1.29, 1.82) is 5.26 Å². The molecule has 176 valence electrons. The van der Waals surface area contributed by atoms with Crippen molar-refractivity contribution >= 4 is 27.7 Å². The average molecular weight is 487 g/mol. The number of esters is 2. The molecule has 2 aromatic rings. The van der Waals surface area contributed by atoms with Gasteiger partial charge in [-0.2, -0.15) is 13.7 Å². The Hall–Kier alpha value is -4.21. The van der Waals surface area contributed by atoms with Gasteiger partial charge in [-0.3, -0.25) is 9.45 Å². The number of nitriles is 1. The van der Waals surface area contributed by atoms with Crippen molar-refractivity contribution in [3.05, 3.63) is 82.6 Å². The highest BCUT2D eigenvalue weighted by atomic mass is 32.2. The standard InChI is InChI=1S/C22H18FN3O7S/c1-32-21(27)18-17(12-6-4-3-5-7-12)14(11-24)20(25)26(19(18)22(28)33-2)16-10-13(34(29,30)31)8-9-15(16)23/h3-10,17H,25H2,1-2H3,(H,29,30,31). The van der Waals surface area contributed by atoms with E-state index in [0.717, 1.165) is 20.3 Å². The second kappa shape index (κ2) is 9.34. The number of carbonyl (C=O) groups is 2. The van der Waals surface area contributed by atoms with Crippen LogP contribution < -0.4 is 10.6 Å². The van der Waals surface area contributed by atoms with E-state index in [1.165, 1.54) is 0 Å². The summed E-state index contributed by atoms with van der Waals surface area (Å²) < 4.78 is 57.3. The molecular formula is C22H18FN3O7S. The third-order valence-corrected chi connectivity index (χ3v) is 5.92. The second-order valence-corrected chi connectivity index (χ2v) is 8.35. The Balaban J connectivity index is 2.48. The van der Waals surface area contributed by atoms with E-state index in [9.17, 15) is 32.2 Å². The van der Waals surface area contributed by atoms with Crippen molar-refractivity contribution < 1.29 is 36.4 Å². The van der Waals surface area contributed by atoms with Gasteiger partial charge in [0.2, 0.25) is 0 Å². The highest BCUT2D eigenvalue weighted by Crippen LogP contribution is 2.44. The van der Waals surface area contributed by atoms with Crippen molar-refractivity contribution in [2.24, 2.45) is 5.73 Å². The number of rotatable bonds is 5. The van der Waals surface area contributed by atoms with Crippen LogP contribution in [0.3, 0.4) is 0 Å². The number of nitrogens with zero attached hydrogens (tertiary/aromatic N) is 2. The molecule has 0 aliphatic carbocycles. The Kier molecular flexibility index (Phi) is 6.71. The number of halogens is 1. The number of hydrogen-bond acceptors (Lipinski definition) is 9. The number of anilines is 1. The molecule has 3 N–H and O–H groups in total. The molecule has 12 heteroatoms. The zero-order valence-corrected chi connectivity index (χ0v) is 18.7.